The average molecular weight is 446 g/mol. The van der Waals surface area contributed by atoms with Gasteiger partial charge in [0.15, 0.2) is 5.76 Å². The van der Waals surface area contributed by atoms with Gasteiger partial charge in [-0.05, 0) is 35.9 Å². The molecule has 10 heteroatoms. The van der Waals surface area contributed by atoms with Gasteiger partial charge in [-0.15, -0.1) is 10.2 Å². The third kappa shape index (κ3) is 6.26. The van der Waals surface area contributed by atoms with Crippen LogP contribution in [0.4, 0.5) is 0 Å². The van der Waals surface area contributed by atoms with Crippen molar-refractivity contribution in [2.75, 3.05) is 0 Å². The normalized spacial score (nSPS) is 10.5. The van der Waals surface area contributed by atoms with Gasteiger partial charge in [0.25, 0.3) is 0 Å². The molecule has 2 N–H and O–H groups in total. The second-order valence-corrected chi connectivity index (χ2v) is 7.05. The molecule has 0 radical (unpaired) electrons. The van der Waals surface area contributed by atoms with Crippen molar-refractivity contribution >= 4 is 11.8 Å². The average Bonchev–Trinajstić information content (AvgIpc) is 3.53. The van der Waals surface area contributed by atoms with E-state index in [2.05, 4.69) is 26.3 Å². The number of amides is 2. The summed E-state index contributed by atoms with van der Waals surface area (Å²) in [6.07, 6.45) is 0.658. The molecule has 0 bridgehead atoms. The molecule has 168 valence electrons. The number of para-hydroxylation sites is 1. The first-order valence-corrected chi connectivity index (χ1v) is 10.4. The monoisotopic (exact) mass is 446 g/mol. The van der Waals surface area contributed by atoms with Gasteiger partial charge >= 0.3 is 5.91 Å². The van der Waals surface area contributed by atoms with Crippen molar-refractivity contribution < 1.29 is 18.7 Å². The van der Waals surface area contributed by atoms with Crippen LogP contribution < -0.4 is 15.6 Å². The second-order valence-electron chi connectivity index (χ2n) is 7.05. The summed E-state index contributed by atoms with van der Waals surface area (Å²) in [5.74, 6) is 0.891. The van der Waals surface area contributed by atoms with E-state index < -0.39 is 5.91 Å². The van der Waals surface area contributed by atoms with Gasteiger partial charge in [-0.2, -0.15) is 4.80 Å². The molecule has 0 aliphatic carbocycles. The van der Waals surface area contributed by atoms with E-state index >= 15 is 0 Å². The standard InChI is InChI=1S/C23H22N6O4/c30-21(12-7-15-29-27-22(25-28-29)17-8-3-1-4-9-17)24-26-23(31)20-14-13-19(33-20)16-32-18-10-5-2-6-11-18/h1-6,8-11,13-14H,7,12,15-16H2,(H,24,30)(H,26,31). The van der Waals surface area contributed by atoms with Crippen LogP contribution in [0.5, 0.6) is 5.75 Å². The number of hydrogen-bond acceptors (Lipinski definition) is 7. The number of rotatable bonds is 9. The summed E-state index contributed by atoms with van der Waals surface area (Å²) in [5.41, 5.74) is 5.58. The molecule has 0 unspecified atom stereocenters. The summed E-state index contributed by atoms with van der Waals surface area (Å²) in [6, 6.07) is 22.0. The number of aryl methyl sites for hydroxylation is 1. The Morgan fingerprint density at radius 3 is 2.48 bits per heavy atom. The maximum absolute atomic E-state index is 12.2. The van der Waals surface area contributed by atoms with Crippen molar-refractivity contribution in [3.8, 4) is 17.1 Å². The Kier molecular flexibility index (Phi) is 7.06. The third-order valence-corrected chi connectivity index (χ3v) is 4.57. The first kappa shape index (κ1) is 21.8. The topological polar surface area (TPSA) is 124 Å². The molecule has 10 nitrogen and oxygen atoms in total. The van der Waals surface area contributed by atoms with Gasteiger partial charge in [0.1, 0.15) is 18.1 Å². The number of carbonyl (C=O) groups is 2. The van der Waals surface area contributed by atoms with Gasteiger partial charge < -0.3 is 9.15 Å². The molecule has 0 atom stereocenters. The Balaban J connectivity index is 1.16. The van der Waals surface area contributed by atoms with Crippen LogP contribution in [-0.4, -0.2) is 32.0 Å². The van der Waals surface area contributed by atoms with Gasteiger partial charge in [0.05, 0.1) is 6.54 Å². The van der Waals surface area contributed by atoms with E-state index in [4.69, 9.17) is 9.15 Å². The minimum Gasteiger partial charge on any atom is -0.486 e. The van der Waals surface area contributed by atoms with Crippen LogP contribution in [0.1, 0.15) is 29.2 Å². The van der Waals surface area contributed by atoms with E-state index in [1.807, 2.05) is 60.7 Å². The molecule has 2 aromatic heterocycles. The van der Waals surface area contributed by atoms with Gasteiger partial charge in [-0.25, -0.2) is 0 Å². The van der Waals surface area contributed by atoms with Gasteiger partial charge in [-0.1, -0.05) is 48.5 Å². The number of nitrogens with one attached hydrogen (secondary N) is 2. The highest BCUT2D eigenvalue weighted by molar-refractivity contribution is 5.92. The number of benzene rings is 2. The van der Waals surface area contributed by atoms with Gasteiger partial charge in [-0.3, -0.25) is 20.4 Å². The number of ether oxygens (including phenoxy) is 1. The molecule has 4 rings (SSSR count). The fourth-order valence-electron chi connectivity index (χ4n) is 2.92. The molecule has 0 saturated carbocycles. The lowest BCUT2D eigenvalue weighted by molar-refractivity contribution is -0.122. The van der Waals surface area contributed by atoms with Crippen LogP contribution in [0.25, 0.3) is 11.4 Å². The zero-order chi connectivity index (χ0) is 22.9. The third-order valence-electron chi connectivity index (χ3n) is 4.57. The molecule has 0 fully saturated rings. The quantitative estimate of drug-likeness (QED) is 0.379. The van der Waals surface area contributed by atoms with Crippen molar-refractivity contribution in [1.29, 1.82) is 0 Å². The molecular formula is C23H22N6O4. The van der Waals surface area contributed by atoms with Crippen molar-refractivity contribution in [3.63, 3.8) is 0 Å². The Bertz CT molecular complexity index is 1190. The predicted octanol–water partition coefficient (Wildman–Crippen LogP) is 2.75. The molecule has 0 aliphatic heterocycles. The lowest BCUT2D eigenvalue weighted by atomic mass is 10.2. The predicted molar refractivity (Wildman–Crippen MR) is 118 cm³/mol. The molecule has 4 aromatic rings. The summed E-state index contributed by atoms with van der Waals surface area (Å²) < 4.78 is 11.0. The summed E-state index contributed by atoms with van der Waals surface area (Å²) in [6.45, 7) is 0.607. The Morgan fingerprint density at radius 1 is 0.939 bits per heavy atom. The largest absolute Gasteiger partial charge is 0.486 e. The van der Waals surface area contributed by atoms with Crippen LogP contribution in [0.3, 0.4) is 0 Å². The Labute approximate surface area is 189 Å². The summed E-state index contributed by atoms with van der Waals surface area (Å²) in [7, 11) is 0. The van der Waals surface area contributed by atoms with E-state index in [0.29, 0.717) is 30.3 Å². The maximum atomic E-state index is 12.2. The SMILES string of the molecule is O=C(CCCn1nnc(-c2ccccc2)n1)NNC(=O)c1ccc(COc2ccccc2)o1. The molecule has 2 aromatic carbocycles. The van der Waals surface area contributed by atoms with Crippen LogP contribution in [-0.2, 0) is 17.9 Å². The zero-order valence-corrected chi connectivity index (χ0v) is 17.7. The van der Waals surface area contributed by atoms with E-state index in [9.17, 15) is 9.59 Å². The number of carbonyl (C=O) groups excluding carboxylic acids is 2. The summed E-state index contributed by atoms with van der Waals surface area (Å²) in [4.78, 5) is 25.6. The van der Waals surface area contributed by atoms with Crippen LogP contribution in [0.15, 0.2) is 77.2 Å². The molecule has 33 heavy (non-hydrogen) atoms. The zero-order valence-electron chi connectivity index (χ0n) is 17.7. The Hall–Kier alpha value is -4.47. The highest BCUT2D eigenvalue weighted by atomic mass is 16.5. The molecule has 0 spiro atoms. The molecule has 2 amide bonds. The van der Waals surface area contributed by atoms with Crippen LogP contribution >= 0.6 is 0 Å². The highest BCUT2D eigenvalue weighted by Crippen LogP contribution is 2.14. The van der Waals surface area contributed by atoms with E-state index in [-0.39, 0.29) is 24.7 Å². The molecule has 2 heterocycles. The Morgan fingerprint density at radius 2 is 1.70 bits per heavy atom. The number of furan rings is 1. The van der Waals surface area contributed by atoms with Crippen LogP contribution in [0.2, 0.25) is 0 Å². The van der Waals surface area contributed by atoms with E-state index in [0.717, 1.165) is 5.56 Å². The minimum absolute atomic E-state index is 0.0715. The summed E-state index contributed by atoms with van der Waals surface area (Å²) in [5, 5.41) is 12.3. The smallest absolute Gasteiger partial charge is 0.305 e. The number of hydrazine groups is 1. The van der Waals surface area contributed by atoms with E-state index in [1.54, 1.807) is 6.07 Å². The fraction of sp³-hybridized carbons (Fsp3) is 0.174. The molecule has 0 aliphatic rings. The van der Waals surface area contributed by atoms with Gasteiger partial charge in [0, 0.05) is 12.0 Å². The van der Waals surface area contributed by atoms with Crippen molar-refractivity contribution in [2.45, 2.75) is 26.0 Å². The lowest BCUT2D eigenvalue weighted by Gasteiger charge is -2.06. The molecule has 0 saturated heterocycles. The van der Waals surface area contributed by atoms with Crippen molar-refractivity contribution in [2.24, 2.45) is 0 Å². The number of aromatic nitrogens is 4. The number of tetrazole rings is 1. The maximum Gasteiger partial charge on any atom is 0.305 e. The van der Waals surface area contributed by atoms with Gasteiger partial charge in [0.2, 0.25) is 11.7 Å². The molecular weight excluding hydrogens is 424 g/mol. The first-order chi connectivity index (χ1) is 16.2. The van der Waals surface area contributed by atoms with Crippen LogP contribution in [0, 0.1) is 0 Å². The second kappa shape index (κ2) is 10.7. The first-order valence-electron chi connectivity index (χ1n) is 10.4. The summed E-state index contributed by atoms with van der Waals surface area (Å²) >= 11 is 0. The van der Waals surface area contributed by atoms with Crippen molar-refractivity contribution in [1.82, 2.24) is 31.1 Å². The number of nitrogens with zero attached hydrogens (tertiary/aromatic N) is 4. The number of hydrogen-bond donors (Lipinski definition) is 2. The highest BCUT2D eigenvalue weighted by Gasteiger charge is 2.13. The minimum atomic E-state index is -0.556. The van der Waals surface area contributed by atoms with E-state index in [1.165, 1.54) is 10.9 Å². The van der Waals surface area contributed by atoms with Crippen molar-refractivity contribution in [3.05, 3.63) is 84.3 Å². The fourth-order valence-corrected chi connectivity index (χ4v) is 2.92. The lowest BCUT2D eigenvalue weighted by Crippen LogP contribution is -2.41.